The van der Waals surface area contributed by atoms with Gasteiger partial charge in [0.2, 0.25) is 5.91 Å². The Kier molecular flexibility index (Phi) is 7.21. The largest absolute Gasteiger partial charge is 0.335 e. The van der Waals surface area contributed by atoms with Crippen LogP contribution in [0.25, 0.3) is 17.1 Å². The molecular formula is C24H27N5O2S. The summed E-state index contributed by atoms with van der Waals surface area (Å²) < 4.78 is 1.93. The topological polar surface area (TPSA) is 88.9 Å². The maximum atomic E-state index is 12.4. The number of carbonyl (C=O) groups excluding carboxylic acids is 2. The Labute approximate surface area is 192 Å². The van der Waals surface area contributed by atoms with Crippen LogP contribution in [0.1, 0.15) is 32.6 Å². The maximum absolute atomic E-state index is 12.4. The lowest BCUT2D eigenvalue weighted by molar-refractivity contribution is -0.117. The molecule has 2 aromatic carbocycles. The standard InChI is InChI=1S/C24H27N5O2S/c1-17-10-8-9-15-20(17)25-23(31)26-21(30)16-32-24-28-27-22(18-11-4-2-5-12-18)29(24)19-13-6-3-7-14-19/h2-7,11-14,17,20H,8-10,15-16H2,1H3,(H2,25,26,30,31). The predicted molar refractivity (Wildman–Crippen MR) is 126 cm³/mol. The summed E-state index contributed by atoms with van der Waals surface area (Å²) in [5, 5.41) is 14.7. The number of para-hydroxylation sites is 1. The van der Waals surface area contributed by atoms with E-state index in [0.29, 0.717) is 16.9 Å². The van der Waals surface area contributed by atoms with Crippen LogP contribution in [0.3, 0.4) is 0 Å². The summed E-state index contributed by atoms with van der Waals surface area (Å²) >= 11 is 1.25. The molecule has 7 nitrogen and oxygen atoms in total. The molecule has 0 spiro atoms. The van der Waals surface area contributed by atoms with E-state index in [4.69, 9.17) is 0 Å². The van der Waals surface area contributed by atoms with Crippen LogP contribution in [0.4, 0.5) is 4.79 Å². The second-order valence-corrected chi connectivity index (χ2v) is 8.96. The SMILES string of the molecule is CC1CCCCC1NC(=O)NC(=O)CSc1nnc(-c2ccccc2)n1-c1ccccc1. The molecule has 3 amide bonds. The van der Waals surface area contributed by atoms with E-state index in [-0.39, 0.29) is 17.7 Å². The van der Waals surface area contributed by atoms with Crippen LogP contribution in [-0.2, 0) is 4.79 Å². The van der Waals surface area contributed by atoms with Crippen molar-refractivity contribution in [3.8, 4) is 17.1 Å². The van der Waals surface area contributed by atoms with Gasteiger partial charge in [-0.3, -0.25) is 14.7 Å². The van der Waals surface area contributed by atoms with Gasteiger partial charge in [0.1, 0.15) is 0 Å². The molecule has 2 N–H and O–H groups in total. The van der Waals surface area contributed by atoms with Crippen molar-refractivity contribution in [1.29, 1.82) is 0 Å². The molecule has 0 saturated heterocycles. The molecule has 1 heterocycles. The molecule has 1 aromatic heterocycles. The molecule has 32 heavy (non-hydrogen) atoms. The van der Waals surface area contributed by atoms with E-state index in [0.717, 1.165) is 30.5 Å². The van der Waals surface area contributed by atoms with Gasteiger partial charge in [0.15, 0.2) is 11.0 Å². The Balaban J connectivity index is 1.43. The van der Waals surface area contributed by atoms with E-state index in [1.807, 2.05) is 65.2 Å². The van der Waals surface area contributed by atoms with Crippen molar-refractivity contribution in [3.63, 3.8) is 0 Å². The normalized spacial score (nSPS) is 18.2. The summed E-state index contributed by atoms with van der Waals surface area (Å²) in [4.78, 5) is 24.7. The van der Waals surface area contributed by atoms with Crippen molar-refractivity contribution >= 4 is 23.7 Å². The van der Waals surface area contributed by atoms with Crippen LogP contribution in [0.2, 0.25) is 0 Å². The molecule has 1 saturated carbocycles. The van der Waals surface area contributed by atoms with Crippen LogP contribution in [-0.4, -0.2) is 38.5 Å². The minimum absolute atomic E-state index is 0.0629. The third kappa shape index (κ3) is 5.37. The number of hydrogen-bond donors (Lipinski definition) is 2. The number of rotatable bonds is 6. The highest BCUT2D eigenvalue weighted by atomic mass is 32.2. The Hall–Kier alpha value is -3.13. The summed E-state index contributed by atoms with van der Waals surface area (Å²) in [5.41, 5.74) is 1.84. The van der Waals surface area contributed by atoms with Gasteiger partial charge in [0.25, 0.3) is 0 Å². The molecule has 3 aromatic rings. The number of nitrogens with zero attached hydrogens (tertiary/aromatic N) is 3. The highest BCUT2D eigenvalue weighted by Crippen LogP contribution is 2.28. The third-order valence-corrected chi connectivity index (χ3v) is 6.62. The maximum Gasteiger partial charge on any atom is 0.321 e. The van der Waals surface area contributed by atoms with Crippen molar-refractivity contribution < 1.29 is 9.59 Å². The summed E-state index contributed by atoms with van der Waals surface area (Å²) in [6, 6.07) is 19.3. The van der Waals surface area contributed by atoms with Gasteiger partial charge in [-0.25, -0.2) is 4.79 Å². The lowest BCUT2D eigenvalue weighted by atomic mass is 9.86. The van der Waals surface area contributed by atoms with E-state index in [1.54, 1.807) is 0 Å². The number of nitrogens with one attached hydrogen (secondary N) is 2. The van der Waals surface area contributed by atoms with Crippen molar-refractivity contribution in [2.45, 2.75) is 43.8 Å². The van der Waals surface area contributed by atoms with E-state index in [2.05, 4.69) is 27.8 Å². The lowest BCUT2D eigenvalue weighted by Gasteiger charge is -2.29. The fourth-order valence-corrected chi connectivity index (χ4v) is 4.73. The van der Waals surface area contributed by atoms with Gasteiger partial charge in [0, 0.05) is 17.3 Å². The Bertz CT molecular complexity index is 1050. The number of hydrogen-bond acceptors (Lipinski definition) is 5. The number of thioether (sulfide) groups is 1. The first-order valence-corrected chi connectivity index (χ1v) is 11.9. The van der Waals surface area contributed by atoms with Gasteiger partial charge in [-0.2, -0.15) is 0 Å². The molecule has 4 rings (SSSR count). The van der Waals surface area contributed by atoms with Crippen LogP contribution < -0.4 is 10.6 Å². The molecular weight excluding hydrogens is 422 g/mol. The Morgan fingerprint density at radius 1 is 1.00 bits per heavy atom. The average molecular weight is 450 g/mol. The first-order valence-electron chi connectivity index (χ1n) is 10.9. The molecule has 2 unspecified atom stereocenters. The highest BCUT2D eigenvalue weighted by molar-refractivity contribution is 7.99. The first-order chi connectivity index (χ1) is 15.6. The van der Waals surface area contributed by atoms with Gasteiger partial charge >= 0.3 is 6.03 Å². The monoisotopic (exact) mass is 449 g/mol. The number of amides is 3. The molecule has 1 aliphatic carbocycles. The summed E-state index contributed by atoms with van der Waals surface area (Å²) in [6.07, 6.45) is 4.37. The van der Waals surface area contributed by atoms with Crippen molar-refractivity contribution in [3.05, 3.63) is 60.7 Å². The van der Waals surface area contributed by atoms with Gasteiger partial charge in [0.05, 0.1) is 5.75 Å². The minimum atomic E-state index is -0.427. The van der Waals surface area contributed by atoms with Crippen LogP contribution in [0.15, 0.2) is 65.8 Å². The smallest absolute Gasteiger partial charge is 0.321 e. The summed E-state index contributed by atoms with van der Waals surface area (Å²) in [6.45, 7) is 2.14. The molecule has 0 aliphatic heterocycles. The van der Waals surface area contributed by atoms with E-state index in [9.17, 15) is 9.59 Å². The molecule has 2 atom stereocenters. The molecule has 1 aliphatic rings. The molecule has 0 bridgehead atoms. The van der Waals surface area contributed by atoms with Crippen LogP contribution in [0, 0.1) is 5.92 Å². The van der Waals surface area contributed by atoms with E-state index < -0.39 is 6.03 Å². The van der Waals surface area contributed by atoms with Gasteiger partial charge in [-0.05, 0) is 30.9 Å². The van der Waals surface area contributed by atoms with Gasteiger partial charge in [-0.1, -0.05) is 80.1 Å². The van der Waals surface area contributed by atoms with E-state index >= 15 is 0 Å². The van der Waals surface area contributed by atoms with Crippen molar-refractivity contribution in [2.75, 3.05) is 5.75 Å². The zero-order valence-corrected chi connectivity index (χ0v) is 18.8. The minimum Gasteiger partial charge on any atom is -0.335 e. The first kappa shape index (κ1) is 22.1. The second kappa shape index (κ2) is 10.5. The van der Waals surface area contributed by atoms with Crippen molar-refractivity contribution in [1.82, 2.24) is 25.4 Å². The Morgan fingerprint density at radius 2 is 1.69 bits per heavy atom. The fraction of sp³-hybridized carbons (Fsp3) is 0.333. The second-order valence-electron chi connectivity index (χ2n) is 8.02. The number of carbonyl (C=O) groups is 2. The lowest BCUT2D eigenvalue weighted by Crippen LogP contribution is -2.48. The van der Waals surface area contributed by atoms with Gasteiger partial charge < -0.3 is 5.32 Å². The van der Waals surface area contributed by atoms with Crippen LogP contribution in [0.5, 0.6) is 0 Å². The molecule has 166 valence electrons. The predicted octanol–water partition coefficient (Wildman–Crippen LogP) is 4.43. The summed E-state index contributed by atoms with van der Waals surface area (Å²) in [5.74, 6) is 0.830. The molecule has 0 radical (unpaired) electrons. The zero-order valence-electron chi connectivity index (χ0n) is 18.0. The third-order valence-electron chi connectivity index (χ3n) is 5.69. The quantitative estimate of drug-likeness (QED) is 0.544. The summed E-state index contributed by atoms with van der Waals surface area (Å²) in [7, 11) is 0. The number of aromatic nitrogens is 3. The van der Waals surface area contributed by atoms with Crippen LogP contribution >= 0.6 is 11.8 Å². The molecule has 8 heteroatoms. The zero-order chi connectivity index (χ0) is 22.3. The molecule has 1 fully saturated rings. The van der Waals surface area contributed by atoms with Gasteiger partial charge in [-0.15, -0.1) is 10.2 Å². The average Bonchev–Trinajstić information content (AvgIpc) is 3.24. The number of urea groups is 1. The number of benzene rings is 2. The van der Waals surface area contributed by atoms with E-state index in [1.165, 1.54) is 18.2 Å². The van der Waals surface area contributed by atoms with Crippen molar-refractivity contribution in [2.24, 2.45) is 5.92 Å². The number of imide groups is 1. The highest BCUT2D eigenvalue weighted by Gasteiger charge is 2.23. The Morgan fingerprint density at radius 3 is 2.41 bits per heavy atom. The fourth-order valence-electron chi connectivity index (χ4n) is 3.98.